The number of ether oxygens (including phenoxy) is 1. The molecule has 1 aromatic carbocycles. The van der Waals surface area contributed by atoms with Crippen molar-refractivity contribution < 1.29 is 14.4 Å². The average Bonchev–Trinajstić information content (AvgIpc) is 2.95. The molecule has 4 rings (SSSR count). The summed E-state index contributed by atoms with van der Waals surface area (Å²) in [5, 5.41) is 2.23. The van der Waals surface area contributed by atoms with Crippen molar-refractivity contribution in [3.63, 3.8) is 0 Å². The molecule has 1 amide bonds. The fraction of sp³-hybridized carbons (Fsp3) is 0.696. The molecule has 5 nitrogen and oxygen atoms in total. The fourth-order valence-electron chi connectivity index (χ4n) is 5.37. The van der Waals surface area contributed by atoms with E-state index < -0.39 is 0 Å². The van der Waals surface area contributed by atoms with Crippen LogP contribution in [0.4, 0.5) is 10.5 Å². The number of anilines is 1. The topological polar surface area (TPSA) is 42.0 Å². The van der Waals surface area contributed by atoms with Gasteiger partial charge in [0.1, 0.15) is 18.2 Å². The monoisotopic (exact) mass is 386 g/mol. The molecule has 1 aliphatic carbocycles. The Hall–Kier alpha value is -1.59. The van der Waals surface area contributed by atoms with Gasteiger partial charge < -0.3 is 4.74 Å². The average molecular weight is 387 g/mol. The lowest BCUT2D eigenvalue weighted by Gasteiger charge is -2.53. The SMILES string of the molecule is Cc1ccc(N2C(=O)O[C@@H]3CCC[C@@H](ON4C(C)(C)CCCC4(C)C)[C@@H]32)cc1. The number of benzene rings is 1. The number of nitrogens with zero attached hydrogens (tertiary/aromatic N) is 2. The Morgan fingerprint density at radius 1 is 1.00 bits per heavy atom. The summed E-state index contributed by atoms with van der Waals surface area (Å²) in [6.07, 6.45) is 5.94. The van der Waals surface area contributed by atoms with Gasteiger partial charge in [0.15, 0.2) is 0 Å². The van der Waals surface area contributed by atoms with Crippen molar-refractivity contribution in [1.29, 1.82) is 0 Å². The zero-order chi connectivity index (χ0) is 20.1. The summed E-state index contributed by atoms with van der Waals surface area (Å²) < 4.78 is 5.77. The first kappa shape index (κ1) is 19.7. The zero-order valence-corrected chi connectivity index (χ0v) is 17.9. The maximum atomic E-state index is 12.8. The third kappa shape index (κ3) is 3.43. The van der Waals surface area contributed by atoms with Crippen molar-refractivity contribution in [1.82, 2.24) is 5.06 Å². The number of hydrogen-bond acceptors (Lipinski definition) is 4. The Morgan fingerprint density at radius 2 is 1.64 bits per heavy atom. The van der Waals surface area contributed by atoms with Crippen LogP contribution in [-0.2, 0) is 9.57 Å². The molecule has 3 fully saturated rings. The van der Waals surface area contributed by atoms with Gasteiger partial charge in [0.25, 0.3) is 0 Å². The Labute approximate surface area is 168 Å². The van der Waals surface area contributed by atoms with Crippen molar-refractivity contribution >= 4 is 11.8 Å². The minimum Gasteiger partial charge on any atom is -0.444 e. The summed E-state index contributed by atoms with van der Waals surface area (Å²) in [7, 11) is 0. The first-order valence-corrected chi connectivity index (χ1v) is 10.7. The third-order valence-corrected chi connectivity index (χ3v) is 6.72. The number of carbonyl (C=O) groups is 1. The molecule has 0 bridgehead atoms. The Kier molecular flexibility index (Phi) is 4.95. The van der Waals surface area contributed by atoms with E-state index in [1.54, 1.807) is 0 Å². The lowest BCUT2D eigenvalue weighted by atomic mass is 9.82. The summed E-state index contributed by atoms with van der Waals surface area (Å²) in [6, 6.07) is 8.05. The first-order chi connectivity index (χ1) is 13.2. The molecule has 0 N–H and O–H groups in total. The van der Waals surface area contributed by atoms with Gasteiger partial charge in [0, 0.05) is 16.8 Å². The molecule has 0 radical (unpaired) electrons. The minimum absolute atomic E-state index is 0.0210. The Morgan fingerprint density at radius 3 is 2.29 bits per heavy atom. The van der Waals surface area contributed by atoms with Crippen molar-refractivity contribution in [2.24, 2.45) is 0 Å². The molecular formula is C23H34N2O3. The van der Waals surface area contributed by atoms with E-state index in [0.717, 1.165) is 37.8 Å². The van der Waals surface area contributed by atoms with Gasteiger partial charge in [0.05, 0.1) is 0 Å². The number of fused-ring (bicyclic) bond motifs is 1. The minimum atomic E-state index is -0.244. The standard InChI is InChI=1S/C23H34N2O3/c1-16-10-12-17(13-11-16)24-20-18(27-21(24)26)8-6-9-19(20)28-25-22(2,3)14-7-15-23(25,4)5/h10-13,18-20H,6-9,14-15H2,1-5H3/t18-,19-,20-/m1/s1. The Bertz CT molecular complexity index is 712. The van der Waals surface area contributed by atoms with Crippen LogP contribution in [0.15, 0.2) is 24.3 Å². The summed E-state index contributed by atoms with van der Waals surface area (Å²) in [5.74, 6) is 0. The molecule has 2 saturated heterocycles. The third-order valence-electron chi connectivity index (χ3n) is 6.72. The van der Waals surface area contributed by atoms with Crippen LogP contribution >= 0.6 is 0 Å². The van der Waals surface area contributed by atoms with Gasteiger partial charge in [-0.25, -0.2) is 4.79 Å². The second kappa shape index (κ2) is 7.03. The van der Waals surface area contributed by atoms with E-state index >= 15 is 0 Å². The molecule has 0 unspecified atom stereocenters. The van der Waals surface area contributed by atoms with Gasteiger partial charge in [0.2, 0.25) is 0 Å². The van der Waals surface area contributed by atoms with Crippen LogP contribution in [0.25, 0.3) is 0 Å². The van der Waals surface area contributed by atoms with Crippen molar-refractivity contribution in [2.45, 2.75) is 102 Å². The molecule has 1 saturated carbocycles. The number of aryl methyl sites for hydroxylation is 1. The largest absolute Gasteiger partial charge is 0.444 e. The van der Waals surface area contributed by atoms with E-state index in [2.05, 4.69) is 39.7 Å². The summed E-state index contributed by atoms with van der Waals surface area (Å²) in [6.45, 7) is 11.1. The van der Waals surface area contributed by atoms with Crippen LogP contribution in [0.5, 0.6) is 0 Å². The molecule has 28 heavy (non-hydrogen) atoms. The van der Waals surface area contributed by atoms with Crippen LogP contribution < -0.4 is 4.90 Å². The van der Waals surface area contributed by atoms with Crippen LogP contribution in [0.3, 0.4) is 0 Å². The normalized spacial score (nSPS) is 32.1. The molecule has 2 aliphatic heterocycles. The fourth-order valence-corrected chi connectivity index (χ4v) is 5.37. The predicted molar refractivity (Wildman–Crippen MR) is 110 cm³/mol. The number of amides is 1. The molecule has 154 valence electrons. The van der Waals surface area contributed by atoms with Gasteiger partial charge >= 0.3 is 6.09 Å². The van der Waals surface area contributed by atoms with Gasteiger partial charge in [-0.05, 0) is 85.3 Å². The molecule has 0 spiro atoms. The predicted octanol–water partition coefficient (Wildman–Crippen LogP) is 5.22. The number of rotatable bonds is 3. The number of hydroxylamine groups is 2. The number of carbonyl (C=O) groups excluding carboxylic acids is 1. The van der Waals surface area contributed by atoms with Gasteiger partial charge in [-0.15, -0.1) is 0 Å². The Balaban J connectivity index is 1.63. The number of hydrogen-bond donors (Lipinski definition) is 0. The summed E-state index contributed by atoms with van der Waals surface area (Å²) in [5.41, 5.74) is 2.04. The molecule has 2 heterocycles. The lowest BCUT2D eigenvalue weighted by molar-refractivity contribution is -0.311. The van der Waals surface area contributed by atoms with E-state index in [1.165, 1.54) is 12.0 Å². The first-order valence-electron chi connectivity index (χ1n) is 10.7. The quantitative estimate of drug-likeness (QED) is 0.714. The lowest BCUT2D eigenvalue weighted by Crippen LogP contribution is -2.62. The highest BCUT2D eigenvalue weighted by Gasteiger charge is 2.52. The molecule has 0 aromatic heterocycles. The highest BCUT2D eigenvalue weighted by Crippen LogP contribution is 2.42. The summed E-state index contributed by atoms with van der Waals surface area (Å²) >= 11 is 0. The maximum Gasteiger partial charge on any atom is 0.415 e. The van der Waals surface area contributed by atoms with Crippen molar-refractivity contribution in [3.8, 4) is 0 Å². The van der Waals surface area contributed by atoms with Gasteiger partial charge in [-0.2, -0.15) is 5.06 Å². The van der Waals surface area contributed by atoms with Crippen LogP contribution in [0, 0.1) is 6.92 Å². The van der Waals surface area contributed by atoms with Crippen molar-refractivity contribution in [2.75, 3.05) is 4.90 Å². The number of piperidine rings is 1. The van der Waals surface area contributed by atoms with E-state index in [9.17, 15) is 4.79 Å². The molecular weight excluding hydrogens is 352 g/mol. The maximum absolute atomic E-state index is 12.8. The van der Waals surface area contributed by atoms with Crippen molar-refractivity contribution in [3.05, 3.63) is 29.8 Å². The van der Waals surface area contributed by atoms with Gasteiger partial charge in [-0.1, -0.05) is 17.7 Å². The van der Waals surface area contributed by atoms with Crippen LogP contribution in [0.2, 0.25) is 0 Å². The molecule has 5 heteroatoms. The molecule has 1 aromatic rings. The van der Waals surface area contributed by atoms with Gasteiger partial charge in [-0.3, -0.25) is 9.74 Å². The molecule has 3 aliphatic rings. The van der Waals surface area contributed by atoms with E-state index in [4.69, 9.17) is 9.57 Å². The summed E-state index contributed by atoms with van der Waals surface area (Å²) in [4.78, 5) is 21.3. The zero-order valence-electron chi connectivity index (χ0n) is 17.9. The second-order valence-corrected chi connectivity index (χ2v) is 9.97. The van der Waals surface area contributed by atoms with Crippen LogP contribution in [-0.4, -0.2) is 40.5 Å². The highest BCUT2D eigenvalue weighted by atomic mass is 16.7. The van der Waals surface area contributed by atoms with Crippen LogP contribution in [0.1, 0.15) is 71.8 Å². The molecule has 3 atom stereocenters. The van der Waals surface area contributed by atoms with E-state index in [0.29, 0.717) is 0 Å². The highest BCUT2D eigenvalue weighted by molar-refractivity contribution is 5.91. The second-order valence-electron chi connectivity index (χ2n) is 9.97. The van der Waals surface area contributed by atoms with E-state index in [-0.39, 0.29) is 35.4 Å². The van der Waals surface area contributed by atoms with E-state index in [1.807, 2.05) is 29.2 Å². The smallest absolute Gasteiger partial charge is 0.415 e.